The van der Waals surface area contributed by atoms with Gasteiger partial charge in [0.25, 0.3) is 0 Å². The second-order valence-corrected chi connectivity index (χ2v) is 6.52. The molecule has 6 heteroatoms. The average molecular weight is 406 g/mol. The van der Waals surface area contributed by atoms with Gasteiger partial charge < -0.3 is 10.6 Å². The van der Waals surface area contributed by atoms with Crippen molar-refractivity contribution < 1.29 is 9.59 Å². The van der Waals surface area contributed by atoms with E-state index in [0.717, 1.165) is 0 Å². The molecule has 2 amide bonds. The Labute approximate surface area is 136 Å². The van der Waals surface area contributed by atoms with E-state index in [4.69, 9.17) is 0 Å². The molecule has 0 bridgehead atoms. The smallest absolute Gasteiger partial charge is 0.238 e. The van der Waals surface area contributed by atoms with Crippen molar-refractivity contribution in [2.75, 3.05) is 10.6 Å². The number of carbonyl (C=O) groups is 2. The highest BCUT2D eigenvalue weighted by Crippen LogP contribution is 2.18. The van der Waals surface area contributed by atoms with Crippen LogP contribution >= 0.6 is 31.9 Å². The zero-order valence-corrected chi connectivity index (χ0v) is 14.6. The van der Waals surface area contributed by atoms with E-state index in [1.165, 1.54) is 0 Å². The highest BCUT2D eigenvalue weighted by Gasteiger charge is 2.14. The summed E-state index contributed by atoms with van der Waals surface area (Å²) in [5.74, 6) is -0.189. The van der Waals surface area contributed by atoms with E-state index in [2.05, 4.69) is 42.5 Å². The van der Waals surface area contributed by atoms with Crippen molar-refractivity contribution in [3.8, 4) is 0 Å². The molecule has 2 N–H and O–H groups in total. The molecule has 0 aromatic heterocycles. The number of hydrogen-bond acceptors (Lipinski definition) is 2. The summed E-state index contributed by atoms with van der Waals surface area (Å²) in [6.45, 7) is 3.85. The molecule has 0 radical (unpaired) electrons. The van der Waals surface area contributed by atoms with Gasteiger partial charge in [0.2, 0.25) is 11.8 Å². The Balaban J connectivity index is 2.71. The van der Waals surface area contributed by atoms with Crippen molar-refractivity contribution in [3.63, 3.8) is 0 Å². The van der Waals surface area contributed by atoms with Crippen molar-refractivity contribution in [2.24, 2.45) is 0 Å². The quantitative estimate of drug-likeness (QED) is 0.705. The van der Waals surface area contributed by atoms with Gasteiger partial charge in [-0.3, -0.25) is 9.59 Å². The van der Waals surface area contributed by atoms with Crippen molar-refractivity contribution in [1.82, 2.24) is 0 Å². The summed E-state index contributed by atoms with van der Waals surface area (Å²) in [7, 11) is 0. The summed E-state index contributed by atoms with van der Waals surface area (Å²) >= 11 is 6.60. The van der Waals surface area contributed by atoms with Crippen LogP contribution in [-0.4, -0.2) is 21.5 Å². The van der Waals surface area contributed by atoms with Crippen molar-refractivity contribution in [3.05, 3.63) is 24.3 Å². The molecule has 1 rings (SSSR count). The monoisotopic (exact) mass is 404 g/mol. The first-order valence-corrected chi connectivity index (χ1v) is 8.31. The molecule has 0 saturated carbocycles. The number of amides is 2. The Bertz CT molecular complexity index is 441. The lowest BCUT2D eigenvalue weighted by Crippen LogP contribution is -2.23. The standard InChI is InChI=1S/C14H18Br2N2O2/c1-3-11(15)13(19)17-9-6-5-7-10(8-9)18-14(20)12(16)4-2/h5-8,11-12H,3-4H2,1-2H3,(H,17,19)(H,18,20)/t11-,12-/m1/s1. The summed E-state index contributed by atoms with van der Waals surface area (Å²) < 4.78 is 0. The van der Waals surface area contributed by atoms with Gasteiger partial charge in [-0.05, 0) is 31.0 Å². The number of alkyl halides is 2. The molecular weight excluding hydrogens is 388 g/mol. The molecule has 0 aliphatic rings. The zero-order valence-electron chi connectivity index (χ0n) is 11.5. The van der Waals surface area contributed by atoms with Gasteiger partial charge in [0, 0.05) is 11.4 Å². The normalized spacial score (nSPS) is 13.4. The van der Waals surface area contributed by atoms with Crippen LogP contribution in [0.15, 0.2) is 24.3 Å². The van der Waals surface area contributed by atoms with Crippen molar-refractivity contribution >= 4 is 55.0 Å². The highest BCUT2D eigenvalue weighted by atomic mass is 79.9. The minimum atomic E-state index is -0.215. The molecule has 0 unspecified atom stereocenters. The first kappa shape index (κ1) is 17.2. The van der Waals surface area contributed by atoms with E-state index in [-0.39, 0.29) is 21.5 Å². The Morgan fingerprint density at radius 1 is 1.00 bits per heavy atom. The van der Waals surface area contributed by atoms with E-state index in [9.17, 15) is 9.59 Å². The lowest BCUT2D eigenvalue weighted by Gasteiger charge is -2.12. The van der Waals surface area contributed by atoms with Crippen LogP contribution in [-0.2, 0) is 9.59 Å². The summed E-state index contributed by atoms with van der Waals surface area (Å²) in [6, 6.07) is 7.10. The predicted molar refractivity (Wildman–Crippen MR) is 89.7 cm³/mol. The number of anilines is 2. The number of halogens is 2. The van der Waals surface area contributed by atoms with E-state index in [1.807, 2.05) is 13.8 Å². The van der Waals surface area contributed by atoms with E-state index < -0.39 is 0 Å². The largest absolute Gasteiger partial charge is 0.325 e. The summed E-state index contributed by atoms with van der Waals surface area (Å²) in [5.41, 5.74) is 1.32. The van der Waals surface area contributed by atoms with Crippen LogP contribution in [0, 0.1) is 0 Å². The summed E-state index contributed by atoms with van der Waals surface area (Å²) in [4.78, 5) is 23.1. The fraction of sp³-hybridized carbons (Fsp3) is 0.429. The molecule has 1 aromatic carbocycles. The van der Waals surface area contributed by atoms with Gasteiger partial charge in [-0.25, -0.2) is 0 Å². The van der Waals surface area contributed by atoms with E-state index in [1.54, 1.807) is 24.3 Å². The molecular formula is C14H18Br2N2O2. The molecule has 1 aromatic rings. The Kier molecular flexibility index (Phi) is 7.23. The molecule has 0 aliphatic heterocycles. The van der Waals surface area contributed by atoms with Crippen LogP contribution < -0.4 is 10.6 Å². The number of rotatable bonds is 6. The Morgan fingerprint density at radius 3 is 1.75 bits per heavy atom. The molecule has 0 saturated heterocycles. The molecule has 110 valence electrons. The second-order valence-electron chi connectivity index (χ2n) is 4.31. The van der Waals surface area contributed by atoms with Crippen LogP contribution in [0.3, 0.4) is 0 Å². The fourth-order valence-electron chi connectivity index (χ4n) is 1.49. The van der Waals surface area contributed by atoms with E-state index >= 15 is 0 Å². The third-order valence-electron chi connectivity index (χ3n) is 2.68. The zero-order chi connectivity index (χ0) is 15.1. The average Bonchev–Trinajstić information content (AvgIpc) is 2.45. The molecule has 0 fully saturated rings. The number of benzene rings is 1. The van der Waals surface area contributed by atoms with Crippen molar-refractivity contribution in [2.45, 2.75) is 36.3 Å². The van der Waals surface area contributed by atoms with Crippen LogP contribution in [0.1, 0.15) is 26.7 Å². The van der Waals surface area contributed by atoms with E-state index in [0.29, 0.717) is 24.2 Å². The number of carbonyl (C=O) groups excluding carboxylic acids is 2. The Morgan fingerprint density at radius 2 is 1.40 bits per heavy atom. The minimum absolute atomic E-state index is 0.0945. The highest BCUT2D eigenvalue weighted by molar-refractivity contribution is 9.10. The van der Waals surface area contributed by atoms with Gasteiger partial charge in [0.1, 0.15) is 0 Å². The van der Waals surface area contributed by atoms with Crippen molar-refractivity contribution in [1.29, 1.82) is 0 Å². The first-order chi connectivity index (χ1) is 9.47. The summed E-state index contributed by atoms with van der Waals surface area (Å²) in [5, 5.41) is 5.60. The van der Waals surface area contributed by atoms with Gasteiger partial charge in [-0.1, -0.05) is 51.8 Å². The lowest BCUT2D eigenvalue weighted by atomic mass is 10.2. The van der Waals surface area contributed by atoms with Crippen LogP contribution in [0.4, 0.5) is 11.4 Å². The van der Waals surface area contributed by atoms with Gasteiger partial charge in [0.05, 0.1) is 9.65 Å². The van der Waals surface area contributed by atoms with Gasteiger partial charge in [-0.15, -0.1) is 0 Å². The van der Waals surface area contributed by atoms with Gasteiger partial charge in [-0.2, -0.15) is 0 Å². The SMILES string of the molecule is CC[C@@H](Br)C(=O)Nc1cccc(NC(=O)[C@H](Br)CC)c1. The van der Waals surface area contributed by atoms with Crippen LogP contribution in [0.25, 0.3) is 0 Å². The molecule has 0 spiro atoms. The third kappa shape index (κ3) is 5.25. The Hall–Kier alpha value is -0.880. The lowest BCUT2D eigenvalue weighted by molar-refractivity contribution is -0.116. The van der Waals surface area contributed by atoms with Crippen LogP contribution in [0.5, 0.6) is 0 Å². The first-order valence-electron chi connectivity index (χ1n) is 6.47. The molecule has 0 aliphatic carbocycles. The maximum absolute atomic E-state index is 11.8. The second kappa shape index (κ2) is 8.42. The topological polar surface area (TPSA) is 58.2 Å². The minimum Gasteiger partial charge on any atom is -0.325 e. The number of hydrogen-bond donors (Lipinski definition) is 2. The molecule has 2 atom stereocenters. The van der Waals surface area contributed by atoms with Gasteiger partial charge >= 0.3 is 0 Å². The molecule has 20 heavy (non-hydrogen) atoms. The maximum atomic E-state index is 11.8. The maximum Gasteiger partial charge on any atom is 0.238 e. The van der Waals surface area contributed by atoms with Gasteiger partial charge in [0.15, 0.2) is 0 Å². The molecule has 4 nitrogen and oxygen atoms in total. The summed E-state index contributed by atoms with van der Waals surface area (Å²) in [6.07, 6.45) is 1.42. The van der Waals surface area contributed by atoms with Crippen LogP contribution in [0.2, 0.25) is 0 Å². The predicted octanol–water partition coefficient (Wildman–Crippen LogP) is 3.91. The number of nitrogens with one attached hydrogen (secondary N) is 2. The third-order valence-corrected chi connectivity index (χ3v) is 4.81. The molecule has 0 heterocycles. The fourth-order valence-corrected chi connectivity index (χ4v) is 1.72.